The molecule has 2 aromatic carbocycles. The first-order valence-corrected chi connectivity index (χ1v) is 8.78. The van der Waals surface area contributed by atoms with Crippen molar-refractivity contribution in [2.24, 2.45) is 5.10 Å². The molecule has 2 amide bonds. The standard InChI is InChI=1S/C19H18BrN3O2/c1-12-3-8-16(13(2)11-12)21-19(25)17-9-10-18(24)23(22-17)15-6-4-14(20)5-7-15/h3-8,11H,9-10H2,1-2H3,(H,21,25). The normalized spacial score (nSPS) is 14.3. The number of nitrogens with one attached hydrogen (secondary N) is 1. The molecule has 0 aliphatic carbocycles. The van der Waals surface area contributed by atoms with Crippen molar-refractivity contribution in [2.75, 3.05) is 10.3 Å². The number of hydrogen-bond donors (Lipinski definition) is 1. The van der Waals surface area contributed by atoms with E-state index >= 15 is 0 Å². The van der Waals surface area contributed by atoms with Gasteiger partial charge in [-0.15, -0.1) is 0 Å². The molecule has 6 heteroatoms. The van der Waals surface area contributed by atoms with E-state index in [1.165, 1.54) is 5.01 Å². The Bertz CT molecular complexity index is 859. The molecule has 1 aliphatic heterocycles. The summed E-state index contributed by atoms with van der Waals surface area (Å²) in [5, 5.41) is 8.47. The number of carbonyl (C=O) groups excluding carboxylic acids is 2. The van der Waals surface area contributed by atoms with Gasteiger partial charge in [0, 0.05) is 23.0 Å². The molecule has 25 heavy (non-hydrogen) atoms. The Morgan fingerprint density at radius 1 is 1.12 bits per heavy atom. The minimum absolute atomic E-state index is 0.120. The van der Waals surface area contributed by atoms with E-state index < -0.39 is 0 Å². The van der Waals surface area contributed by atoms with Crippen LogP contribution in [0.2, 0.25) is 0 Å². The summed E-state index contributed by atoms with van der Waals surface area (Å²) in [6, 6.07) is 13.1. The lowest BCUT2D eigenvalue weighted by Crippen LogP contribution is -2.36. The molecule has 1 heterocycles. The Kier molecular flexibility index (Phi) is 4.99. The van der Waals surface area contributed by atoms with Crippen LogP contribution in [0.3, 0.4) is 0 Å². The van der Waals surface area contributed by atoms with E-state index in [9.17, 15) is 9.59 Å². The number of carbonyl (C=O) groups is 2. The number of benzene rings is 2. The van der Waals surface area contributed by atoms with Gasteiger partial charge in [0.25, 0.3) is 5.91 Å². The monoisotopic (exact) mass is 399 g/mol. The molecule has 0 atom stereocenters. The highest BCUT2D eigenvalue weighted by molar-refractivity contribution is 9.10. The van der Waals surface area contributed by atoms with Crippen LogP contribution < -0.4 is 10.3 Å². The number of halogens is 1. The molecule has 1 N–H and O–H groups in total. The third-order valence-corrected chi connectivity index (χ3v) is 4.52. The number of nitrogens with zero attached hydrogens (tertiary/aromatic N) is 2. The molecule has 1 aliphatic rings. The average molecular weight is 400 g/mol. The fourth-order valence-corrected chi connectivity index (χ4v) is 2.91. The van der Waals surface area contributed by atoms with Gasteiger partial charge in [0.2, 0.25) is 5.91 Å². The van der Waals surface area contributed by atoms with E-state index in [0.717, 1.165) is 21.3 Å². The first-order chi connectivity index (χ1) is 11.9. The lowest BCUT2D eigenvalue weighted by Gasteiger charge is -2.23. The Balaban J connectivity index is 1.83. The predicted octanol–water partition coefficient (Wildman–Crippen LogP) is 4.19. The summed E-state index contributed by atoms with van der Waals surface area (Å²) >= 11 is 3.37. The summed E-state index contributed by atoms with van der Waals surface area (Å²) in [5.74, 6) is -0.396. The molecule has 3 rings (SSSR count). The lowest BCUT2D eigenvalue weighted by atomic mass is 10.1. The molecule has 2 aromatic rings. The van der Waals surface area contributed by atoms with E-state index in [0.29, 0.717) is 17.8 Å². The summed E-state index contributed by atoms with van der Waals surface area (Å²) < 4.78 is 0.914. The highest BCUT2D eigenvalue weighted by atomic mass is 79.9. The van der Waals surface area contributed by atoms with Crippen LogP contribution in [0, 0.1) is 13.8 Å². The predicted molar refractivity (Wildman–Crippen MR) is 103 cm³/mol. The van der Waals surface area contributed by atoms with Crippen molar-refractivity contribution in [3.05, 3.63) is 58.1 Å². The summed E-state index contributed by atoms with van der Waals surface area (Å²) in [5.41, 5.74) is 3.88. The molecule has 0 aromatic heterocycles. The highest BCUT2D eigenvalue weighted by Gasteiger charge is 2.25. The van der Waals surface area contributed by atoms with Crippen molar-refractivity contribution < 1.29 is 9.59 Å². The Hall–Kier alpha value is -2.47. The van der Waals surface area contributed by atoms with Gasteiger partial charge in [-0.25, -0.2) is 5.01 Å². The van der Waals surface area contributed by atoms with Gasteiger partial charge in [-0.05, 0) is 49.7 Å². The third-order valence-electron chi connectivity index (χ3n) is 4.00. The van der Waals surface area contributed by atoms with Crippen LogP contribution in [-0.4, -0.2) is 17.5 Å². The van der Waals surface area contributed by atoms with Crippen LogP contribution in [0.15, 0.2) is 52.0 Å². The summed E-state index contributed by atoms with van der Waals surface area (Å²) in [7, 11) is 0. The molecule has 0 radical (unpaired) electrons. The van der Waals surface area contributed by atoms with E-state index in [4.69, 9.17) is 0 Å². The quantitative estimate of drug-likeness (QED) is 0.840. The summed E-state index contributed by atoms with van der Waals surface area (Å²) in [6.45, 7) is 3.95. The largest absolute Gasteiger partial charge is 0.321 e. The Morgan fingerprint density at radius 3 is 2.52 bits per heavy atom. The number of amides is 2. The maximum atomic E-state index is 12.6. The fraction of sp³-hybridized carbons (Fsp3) is 0.211. The molecule has 128 valence electrons. The molecule has 5 nitrogen and oxygen atoms in total. The second-order valence-electron chi connectivity index (χ2n) is 6.00. The maximum absolute atomic E-state index is 12.6. The first-order valence-electron chi connectivity index (χ1n) is 7.98. The summed E-state index contributed by atoms with van der Waals surface area (Å²) in [6.07, 6.45) is 0.595. The van der Waals surface area contributed by atoms with E-state index in [2.05, 4.69) is 26.3 Å². The van der Waals surface area contributed by atoms with Crippen molar-refractivity contribution >= 4 is 44.8 Å². The van der Waals surface area contributed by atoms with Crippen LogP contribution >= 0.6 is 15.9 Å². The second kappa shape index (κ2) is 7.19. The highest BCUT2D eigenvalue weighted by Crippen LogP contribution is 2.23. The molecule has 0 spiro atoms. The minimum Gasteiger partial charge on any atom is -0.321 e. The van der Waals surface area contributed by atoms with Crippen LogP contribution in [0.5, 0.6) is 0 Å². The zero-order chi connectivity index (χ0) is 18.0. The number of rotatable bonds is 3. The van der Waals surface area contributed by atoms with Gasteiger partial charge in [-0.3, -0.25) is 9.59 Å². The lowest BCUT2D eigenvalue weighted by molar-refractivity contribution is -0.118. The third kappa shape index (κ3) is 3.96. The van der Waals surface area contributed by atoms with E-state index in [1.807, 2.05) is 44.2 Å². The fourth-order valence-electron chi connectivity index (χ4n) is 2.65. The first kappa shape index (κ1) is 17.4. The molecule has 0 bridgehead atoms. The number of aryl methyl sites for hydroxylation is 2. The van der Waals surface area contributed by atoms with Crippen molar-refractivity contribution in [2.45, 2.75) is 26.7 Å². The van der Waals surface area contributed by atoms with Crippen molar-refractivity contribution in [1.29, 1.82) is 0 Å². The van der Waals surface area contributed by atoms with Crippen LogP contribution in [-0.2, 0) is 9.59 Å². The van der Waals surface area contributed by atoms with Gasteiger partial charge in [0.1, 0.15) is 5.71 Å². The number of hydrogen-bond acceptors (Lipinski definition) is 3. The van der Waals surface area contributed by atoms with Gasteiger partial charge in [-0.1, -0.05) is 33.6 Å². The second-order valence-corrected chi connectivity index (χ2v) is 6.92. The van der Waals surface area contributed by atoms with Gasteiger partial charge in [0.15, 0.2) is 0 Å². The Morgan fingerprint density at radius 2 is 1.84 bits per heavy atom. The van der Waals surface area contributed by atoms with Crippen LogP contribution in [0.1, 0.15) is 24.0 Å². The Labute approximate surface area is 154 Å². The summed E-state index contributed by atoms with van der Waals surface area (Å²) in [4.78, 5) is 24.7. The number of hydrazone groups is 1. The van der Waals surface area contributed by atoms with E-state index in [-0.39, 0.29) is 18.2 Å². The number of anilines is 2. The molecule has 0 unspecified atom stereocenters. The van der Waals surface area contributed by atoms with Gasteiger partial charge in [0.05, 0.1) is 5.69 Å². The molecule has 0 saturated heterocycles. The maximum Gasteiger partial charge on any atom is 0.271 e. The zero-order valence-corrected chi connectivity index (χ0v) is 15.6. The topological polar surface area (TPSA) is 61.8 Å². The van der Waals surface area contributed by atoms with Gasteiger partial charge < -0.3 is 5.32 Å². The molecule has 0 fully saturated rings. The minimum atomic E-state index is -0.276. The van der Waals surface area contributed by atoms with Crippen molar-refractivity contribution in [1.82, 2.24) is 0 Å². The smallest absolute Gasteiger partial charge is 0.271 e. The average Bonchev–Trinajstić information content (AvgIpc) is 2.58. The SMILES string of the molecule is Cc1ccc(NC(=O)C2=NN(c3ccc(Br)cc3)C(=O)CC2)c(C)c1. The molecule has 0 saturated carbocycles. The van der Waals surface area contributed by atoms with Crippen LogP contribution in [0.4, 0.5) is 11.4 Å². The molecular weight excluding hydrogens is 382 g/mol. The zero-order valence-electron chi connectivity index (χ0n) is 14.0. The van der Waals surface area contributed by atoms with Crippen molar-refractivity contribution in [3.8, 4) is 0 Å². The van der Waals surface area contributed by atoms with Gasteiger partial charge in [-0.2, -0.15) is 5.10 Å². The molecular formula is C19H18BrN3O2. The van der Waals surface area contributed by atoms with Gasteiger partial charge >= 0.3 is 0 Å². The van der Waals surface area contributed by atoms with Crippen LogP contribution in [0.25, 0.3) is 0 Å². The van der Waals surface area contributed by atoms with Crippen molar-refractivity contribution in [3.63, 3.8) is 0 Å². The van der Waals surface area contributed by atoms with E-state index in [1.54, 1.807) is 12.1 Å².